The lowest BCUT2D eigenvalue weighted by molar-refractivity contribution is -0.234. The Bertz CT molecular complexity index is 425. The highest BCUT2D eigenvalue weighted by Gasteiger charge is 2.32. The molecule has 10 heteroatoms. The summed E-state index contributed by atoms with van der Waals surface area (Å²) in [5.74, 6) is -1.76. The third kappa shape index (κ3) is 7.80. The highest BCUT2D eigenvalue weighted by molar-refractivity contribution is 5.68. The monoisotopic (exact) mass is 381 g/mol. The summed E-state index contributed by atoms with van der Waals surface area (Å²) in [7, 11) is 1.53. The lowest BCUT2D eigenvalue weighted by Gasteiger charge is -2.34. The molecule has 0 aromatic rings. The lowest BCUT2D eigenvalue weighted by atomic mass is 9.94. The molecule has 0 spiro atoms. The maximum Gasteiger partial charge on any atom is 0.317 e. The number of hydrogen-bond donors (Lipinski definition) is 6. The molecule has 0 aliphatic carbocycles. The minimum Gasteiger partial charge on any atom is -0.480 e. The van der Waals surface area contributed by atoms with Crippen molar-refractivity contribution < 1.29 is 44.9 Å². The van der Waals surface area contributed by atoms with Gasteiger partial charge in [0.25, 0.3) is 0 Å². The van der Waals surface area contributed by atoms with Crippen LogP contribution in [0.3, 0.4) is 0 Å². The molecule has 0 radical (unpaired) electrons. The van der Waals surface area contributed by atoms with E-state index in [1.54, 1.807) is 0 Å². The summed E-state index contributed by atoms with van der Waals surface area (Å²) in [6.45, 7) is 0.775. The van der Waals surface area contributed by atoms with Gasteiger partial charge in [-0.1, -0.05) is 6.92 Å². The Morgan fingerprint density at radius 1 is 1.27 bits per heavy atom. The molecule has 7 atom stereocenters. The van der Waals surface area contributed by atoms with Crippen molar-refractivity contribution in [3.8, 4) is 0 Å². The molecule has 0 aromatic carbocycles. The van der Waals surface area contributed by atoms with E-state index in [9.17, 15) is 25.2 Å². The summed E-state index contributed by atoms with van der Waals surface area (Å²) >= 11 is 0. The molecular weight excluding hydrogens is 350 g/mol. The molecule has 26 heavy (non-hydrogen) atoms. The fraction of sp³-hybridized carbons (Fsp3) is 0.938. The van der Waals surface area contributed by atoms with Crippen molar-refractivity contribution in [2.75, 3.05) is 33.4 Å². The molecular formula is C16H31NO9. The maximum atomic E-state index is 10.6. The SMILES string of the molecule is CC(C(O)CN(C)CC(=O)O)C(O)C(O)COC1CC(O)C[C@@H](CO)O1. The van der Waals surface area contributed by atoms with Crippen molar-refractivity contribution in [1.29, 1.82) is 0 Å². The highest BCUT2D eigenvalue weighted by Crippen LogP contribution is 2.21. The van der Waals surface area contributed by atoms with Crippen LogP contribution in [0.4, 0.5) is 0 Å². The highest BCUT2D eigenvalue weighted by atomic mass is 16.7. The van der Waals surface area contributed by atoms with Gasteiger partial charge in [-0.2, -0.15) is 0 Å². The van der Waals surface area contributed by atoms with E-state index in [-0.39, 0.29) is 32.7 Å². The predicted molar refractivity (Wildman–Crippen MR) is 89.3 cm³/mol. The van der Waals surface area contributed by atoms with Gasteiger partial charge in [0, 0.05) is 25.3 Å². The Hall–Kier alpha value is -0.850. The summed E-state index contributed by atoms with van der Waals surface area (Å²) in [6, 6.07) is 0. The lowest BCUT2D eigenvalue weighted by Crippen LogP contribution is -2.46. The van der Waals surface area contributed by atoms with Crippen molar-refractivity contribution in [3.63, 3.8) is 0 Å². The first kappa shape index (κ1) is 23.2. The molecule has 6 N–H and O–H groups in total. The number of hydrogen-bond acceptors (Lipinski definition) is 9. The largest absolute Gasteiger partial charge is 0.480 e. The Morgan fingerprint density at radius 2 is 1.92 bits per heavy atom. The molecule has 1 heterocycles. The van der Waals surface area contributed by atoms with Crippen molar-refractivity contribution in [1.82, 2.24) is 4.90 Å². The van der Waals surface area contributed by atoms with Gasteiger partial charge in [-0.3, -0.25) is 9.69 Å². The van der Waals surface area contributed by atoms with Crippen LogP contribution in [-0.2, 0) is 14.3 Å². The smallest absolute Gasteiger partial charge is 0.317 e. The van der Waals surface area contributed by atoms with Gasteiger partial charge >= 0.3 is 5.97 Å². The standard InChI is InChI=1S/C16H31NO9/c1-9(12(20)5-17(2)6-14(22)23)16(24)13(21)8-25-15-4-10(19)3-11(7-18)26-15/h9-13,15-16,18-21,24H,3-8H2,1-2H3,(H,22,23)/t9?,10?,11-,12?,13?,15?,16?/m0/s1. The van der Waals surface area contributed by atoms with Crippen molar-refractivity contribution in [2.24, 2.45) is 5.92 Å². The van der Waals surface area contributed by atoms with Gasteiger partial charge in [0.15, 0.2) is 6.29 Å². The maximum absolute atomic E-state index is 10.6. The quantitative estimate of drug-likeness (QED) is 0.228. The van der Waals surface area contributed by atoms with E-state index in [0.29, 0.717) is 6.42 Å². The Kier molecular flexibility index (Phi) is 9.90. The molecule has 0 bridgehead atoms. The number of likely N-dealkylation sites (N-methyl/N-ethyl adjacent to an activating group) is 1. The summed E-state index contributed by atoms with van der Waals surface area (Å²) in [5, 5.41) is 57.9. The van der Waals surface area contributed by atoms with Gasteiger partial charge in [0.05, 0.1) is 44.2 Å². The first-order valence-electron chi connectivity index (χ1n) is 8.64. The van der Waals surface area contributed by atoms with Crippen LogP contribution in [0.1, 0.15) is 19.8 Å². The minimum absolute atomic E-state index is 0.0220. The van der Waals surface area contributed by atoms with E-state index in [2.05, 4.69) is 0 Å². The number of nitrogens with zero attached hydrogens (tertiary/aromatic N) is 1. The van der Waals surface area contributed by atoms with Gasteiger partial charge in [0.1, 0.15) is 6.10 Å². The topological polar surface area (TPSA) is 160 Å². The van der Waals surface area contributed by atoms with Crippen LogP contribution in [0.2, 0.25) is 0 Å². The van der Waals surface area contributed by atoms with Crippen LogP contribution in [0.15, 0.2) is 0 Å². The van der Waals surface area contributed by atoms with Gasteiger partial charge in [-0.05, 0) is 7.05 Å². The van der Waals surface area contributed by atoms with Crippen LogP contribution in [0.5, 0.6) is 0 Å². The predicted octanol–water partition coefficient (Wildman–Crippen LogP) is -2.40. The zero-order chi connectivity index (χ0) is 19.9. The molecule has 0 saturated carbocycles. The molecule has 1 aliphatic heterocycles. The number of ether oxygens (including phenoxy) is 2. The Morgan fingerprint density at radius 3 is 2.50 bits per heavy atom. The molecule has 1 aliphatic rings. The van der Waals surface area contributed by atoms with Crippen LogP contribution >= 0.6 is 0 Å². The Labute approximate surface area is 152 Å². The average Bonchev–Trinajstić information content (AvgIpc) is 2.56. The van der Waals surface area contributed by atoms with Crippen LogP contribution in [0, 0.1) is 5.92 Å². The van der Waals surface area contributed by atoms with Crippen LogP contribution in [-0.4, -0.2) is 112 Å². The van der Waals surface area contributed by atoms with Crippen molar-refractivity contribution in [3.05, 3.63) is 0 Å². The van der Waals surface area contributed by atoms with Gasteiger partial charge in [-0.15, -0.1) is 0 Å². The zero-order valence-electron chi connectivity index (χ0n) is 15.1. The Balaban J connectivity index is 2.42. The molecule has 10 nitrogen and oxygen atoms in total. The molecule has 154 valence electrons. The van der Waals surface area contributed by atoms with Crippen LogP contribution in [0.25, 0.3) is 0 Å². The number of carboxylic acids is 1. The van der Waals surface area contributed by atoms with Gasteiger partial charge in [-0.25, -0.2) is 0 Å². The average molecular weight is 381 g/mol. The van der Waals surface area contributed by atoms with E-state index in [1.807, 2.05) is 0 Å². The normalized spacial score (nSPS) is 28.5. The number of aliphatic hydroxyl groups is 5. The third-order valence-corrected chi connectivity index (χ3v) is 4.44. The molecule has 0 aromatic heterocycles. The fourth-order valence-corrected chi connectivity index (χ4v) is 2.84. The molecule has 6 unspecified atom stereocenters. The molecule has 1 fully saturated rings. The molecule has 0 amide bonds. The number of carbonyl (C=O) groups is 1. The third-order valence-electron chi connectivity index (χ3n) is 4.44. The van der Waals surface area contributed by atoms with Crippen molar-refractivity contribution >= 4 is 5.97 Å². The molecule has 1 rings (SSSR count). The number of rotatable bonds is 11. The van der Waals surface area contributed by atoms with Crippen LogP contribution < -0.4 is 0 Å². The zero-order valence-corrected chi connectivity index (χ0v) is 15.1. The fourth-order valence-electron chi connectivity index (χ4n) is 2.84. The minimum atomic E-state index is -1.31. The van der Waals surface area contributed by atoms with E-state index < -0.39 is 48.7 Å². The molecule has 1 saturated heterocycles. The first-order valence-corrected chi connectivity index (χ1v) is 8.64. The van der Waals surface area contributed by atoms with E-state index in [4.69, 9.17) is 19.7 Å². The number of aliphatic hydroxyl groups excluding tert-OH is 5. The van der Waals surface area contributed by atoms with Gasteiger partial charge in [0.2, 0.25) is 0 Å². The van der Waals surface area contributed by atoms with Gasteiger partial charge < -0.3 is 40.1 Å². The second-order valence-electron chi connectivity index (χ2n) is 6.90. The summed E-state index contributed by atoms with van der Waals surface area (Å²) in [5.41, 5.74) is 0. The number of aliphatic carboxylic acids is 1. The van der Waals surface area contributed by atoms with E-state index in [1.165, 1.54) is 18.9 Å². The van der Waals surface area contributed by atoms with E-state index >= 15 is 0 Å². The summed E-state index contributed by atoms with van der Waals surface area (Å²) in [6.07, 6.45) is -5.19. The van der Waals surface area contributed by atoms with E-state index in [0.717, 1.165) is 0 Å². The first-order chi connectivity index (χ1) is 12.1. The number of carboxylic acid groups (broad SMARTS) is 1. The van der Waals surface area contributed by atoms with Crippen molar-refractivity contribution in [2.45, 2.75) is 56.6 Å². The summed E-state index contributed by atoms with van der Waals surface area (Å²) in [4.78, 5) is 12.0. The second-order valence-corrected chi connectivity index (χ2v) is 6.90. The summed E-state index contributed by atoms with van der Waals surface area (Å²) < 4.78 is 10.8. The second kappa shape index (κ2) is 11.1.